The Balaban J connectivity index is 2.41. The molecule has 0 unspecified atom stereocenters. The SMILES string of the molecule is CCCCOCCCNC(=NCc1ccc(NC(=O)NC(C)C)cc1)NCC. The molecule has 28 heavy (non-hydrogen) atoms. The van der Waals surface area contributed by atoms with Gasteiger partial charge in [-0.25, -0.2) is 9.79 Å². The third-order valence-electron chi connectivity index (χ3n) is 3.80. The number of nitrogens with zero attached hydrogens (tertiary/aromatic N) is 1. The number of guanidine groups is 1. The third kappa shape index (κ3) is 11.4. The minimum atomic E-state index is -0.196. The number of unbranched alkanes of at least 4 members (excludes halogenated alkanes) is 1. The van der Waals surface area contributed by atoms with E-state index in [2.05, 4.69) is 33.2 Å². The minimum Gasteiger partial charge on any atom is -0.381 e. The van der Waals surface area contributed by atoms with Gasteiger partial charge in [0.15, 0.2) is 5.96 Å². The molecule has 7 heteroatoms. The lowest BCUT2D eigenvalue weighted by Gasteiger charge is -2.12. The van der Waals surface area contributed by atoms with Crippen molar-refractivity contribution in [1.29, 1.82) is 0 Å². The number of benzene rings is 1. The molecule has 0 saturated heterocycles. The summed E-state index contributed by atoms with van der Waals surface area (Å²) in [6.45, 7) is 11.9. The first kappa shape index (κ1) is 23.8. The summed E-state index contributed by atoms with van der Waals surface area (Å²) in [5, 5.41) is 12.2. The monoisotopic (exact) mass is 391 g/mol. The first-order valence-corrected chi connectivity index (χ1v) is 10.3. The molecular formula is C21H37N5O2. The number of hydrogen-bond donors (Lipinski definition) is 4. The summed E-state index contributed by atoms with van der Waals surface area (Å²) < 4.78 is 5.57. The predicted molar refractivity (Wildman–Crippen MR) is 117 cm³/mol. The number of urea groups is 1. The van der Waals surface area contributed by atoms with E-state index in [-0.39, 0.29) is 12.1 Å². The summed E-state index contributed by atoms with van der Waals surface area (Å²) in [5.41, 5.74) is 1.84. The van der Waals surface area contributed by atoms with E-state index in [1.807, 2.05) is 45.0 Å². The summed E-state index contributed by atoms with van der Waals surface area (Å²) >= 11 is 0. The van der Waals surface area contributed by atoms with Gasteiger partial charge in [0.05, 0.1) is 6.54 Å². The number of nitrogens with one attached hydrogen (secondary N) is 4. The van der Waals surface area contributed by atoms with Crippen LogP contribution < -0.4 is 21.3 Å². The maximum Gasteiger partial charge on any atom is 0.319 e. The molecule has 0 heterocycles. The van der Waals surface area contributed by atoms with E-state index in [1.54, 1.807) is 0 Å². The lowest BCUT2D eigenvalue weighted by molar-refractivity contribution is 0.129. The molecule has 0 aromatic heterocycles. The second-order valence-corrected chi connectivity index (χ2v) is 6.89. The number of rotatable bonds is 12. The van der Waals surface area contributed by atoms with Crippen LogP contribution in [0.5, 0.6) is 0 Å². The summed E-state index contributed by atoms with van der Waals surface area (Å²) in [7, 11) is 0. The molecule has 1 aromatic rings. The van der Waals surface area contributed by atoms with E-state index >= 15 is 0 Å². The Kier molecular flexibility index (Phi) is 12.5. The highest BCUT2D eigenvalue weighted by molar-refractivity contribution is 5.89. The topological polar surface area (TPSA) is 86.8 Å². The molecule has 1 aromatic carbocycles. The number of ether oxygens (including phenoxy) is 1. The van der Waals surface area contributed by atoms with Crippen LogP contribution in [0.2, 0.25) is 0 Å². The molecule has 0 spiro atoms. The van der Waals surface area contributed by atoms with Crippen LogP contribution in [-0.4, -0.2) is 44.3 Å². The first-order chi connectivity index (χ1) is 13.5. The van der Waals surface area contributed by atoms with Crippen LogP contribution in [0.15, 0.2) is 29.3 Å². The van der Waals surface area contributed by atoms with Crippen molar-refractivity contribution in [2.24, 2.45) is 4.99 Å². The number of carbonyl (C=O) groups excluding carboxylic acids is 1. The van der Waals surface area contributed by atoms with Crippen molar-refractivity contribution in [1.82, 2.24) is 16.0 Å². The molecule has 7 nitrogen and oxygen atoms in total. The molecule has 0 bridgehead atoms. The molecule has 0 aliphatic rings. The van der Waals surface area contributed by atoms with Gasteiger partial charge in [0, 0.05) is 38.0 Å². The molecule has 2 amide bonds. The smallest absolute Gasteiger partial charge is 0.319 e. The fourth-order valence-electron chi connectivity index (χ4n) is 2.36. The van der Waals surface area contributed by atoms with Gasteiger partial charge in [-0.2, -0.15) is 0 Å². The van der Waals surface area contributed by atoms with E-state index in [0.717, 1.165) is 62.8 Å². The Morgan fingerprint density at radius 2 is 1.79 bits per heavy atom. The van der Waals surface area contributed by atoms with Crippen LogP contribution in [0.1, 0.15) is 52.5 Å². The van der Waals surface area contributed by atoms with Crippen molar-refractivity contribution in [3.63, 3.8) is 0 Å². The molecule has 0 radical (unpaired) electrons. The molecule has 158 valence electrons. The van der Waals surface area contributed by atoms with E-state index in [9.17, 15) is 4.79 Å². The van der Waals surface area contributed by atoms with E-state index in [4.69, 9.17) is 4.74 Å². The largest absolute Gasteiger partial charge is 0.381 e. The van der Waals surface area contributed by atoms with E-state index in [1.165, 1.54) is 0 Å². The van der Waals surface area contributed by atoms with Gasteiger partial charge in [0.2, 0.25) is 0 Å². The fraction of sp³-hybridized carbons (Fsp3) is 0.619. The molecule has 0 aliphatic heterocycles. The van der Waals surface area contributed by atoms with Crippen LogP contribution in [-0.2, 0) is 11.3 Å². The van der Waals surface area contributed by atoms with Crippen molar-refractivity contribution < 1.29 is 9.53 Å². The maximum absolute atomic E-state index is 11.7. The number of amides is 2. The third-order valence-corrected chi connectivity index (χ3v) is 3.80. The normalized spacial score (nSPS) is 11.4. The Morgan fingerprint density at radius 3 is 2.43 bits per heavy atom. The van der Waals surface area contributed by atoms with Gasteiger partial charge in [0.25, 0.3) is 0 Å². The lowest BCUT2D eigenvalue weighted by atomic mass is 10.2. The van der Waals surface area contributed by atoms with Crippen molar-refractivity contribution in [2.45, 2.75) is 59.5 Å². The van der Waals surface area contributed by atoms with Crippen molar-refractivity contribution in [3.8, 4) is 0 Å². The van der Waals surface area contributed by atoms with Crippen molar-refractivity contribution in [3.05, 3.63) is 29.8 Å². The molecule has 4 N–H and O–H groups in total. The Hall–Kier alpha value is -2.28. The zero-order chi connectivity index (χ0) is 20.6. The fourth-order valence-corrected chi connectivity index (χ4v) is 2.36. The molecule has 0 saturated carbocycles. The highest BCUT2D eigenvalue weighted by Crippen LogP contribution is 2.10. The van der Waals surface area contributed by atoms with E-state index < -0.39 is 0 Å². The van der Waals surface area contributed by atoms with Gasteiger partial charge in [-0.05, 0) is 51.3 Å². The predicted octanol–water partition coefficient (Wildman–Crippen LogP) is 3.48. The van der Waals surface area contributed by atoms with Gasteiger partial charge >= 0.3 is 6.03 Å². The summed E-state index contributed by atoms with van der Waals surface area (Å²) in [5.74, 6) is 0.801. The van der Waals surface area contributed by atoms with Gasteiger partial charge in [-0.3, -0.25) is 0 Å². The van der Waals surface area contributed by atoms with Crippen LogP contribution in [0, 0.1) is 0 Å². The Labute approximate surface area is 169 Å². The van der Waals surface area contributed by atoms with Gasteiger partial charge in [0.1, 0.15) is 0 Å². The van der Waals surface area contributed by atoms with Crippen molar-refractivity contribution >= 4 is 17.7 Å². The summed E-state index contributed by atoms with van der Waals surface area (Å²) in [4.78, 5) is 16.3. The standard InChI is InChI=1S/C21H37N5O2/c1-5-7-14-28-15-8-13-23-20(22-6-2)24-16-18-9-11-19(12-10-18)26-21(27)25-17(3)4/h9-12,17H,5-8,13-16H2,1-4H3,(H2,22,23,24)(H2,25,26,27). The Bertz CT molecular complexity index is 573. The minimum absolute atomic E-state index is 0.105. The van der Waals surface area contributed by atoms with Crippen LogP contribution in [0.4, 0.5) is 10.5 Å². The number of carbonyl (C=O) groups is 1. The van der Waals surface area contributed by atoms with Gasteiger partial charge in [-0.1, -0.05) is 25.5 Å². The summed E-state index contributed by atoms with van der Waals surface area (Å²) in [6.07, 6.45) is 3.23. The molecule has 1 rings (SSSR count). The zero-order valence-electron chi connectivity index (χ0n) is 17.8. The molecular weight excluding hydrogens is 354 g/mol. The lowest BCUT2D eigenvalue weighted by Crippen LogP contribution is -2.38. The average molecular weight is 392 g/mol. The number of aliphatic imine (C=N–C) groups is 1. The number of hydrogen-bond acceptors (Lipinski definition) is 3. The Morgan fingerprint density at radius 1 is 1.07 bits per heavy atom. The average Bonchev–Trinajstić information content (AvgIpc) is 2.65. The van der Waals surface area contributed by atoms with Gasteiger partial charge in [-0.15, -0.1) is 0 Å². The quantitative estimate of drug-likeness (QED) is 0.250. The van der Waals surface area contributed by atoms with E-state index in [0.29, 0.717) is 6.54 Å². The number of anilines is 1. The van der Waals surface area contributed by atoms with Crippen molar-refractivity contribution in [2.75, 3.05) is 31.6 Å². The zero-order valence-corrected chi connectivity index (χ0v) is 17.8. The summed E-state index contributed by atoms with van der Waals surface area (Å²) in [6, 6.07) is 7.63. The molecule has 0 fully saturated rings. The first-order valence-electron chi connectivity index (χ1n) is 10.3. The molecule has 0 aliphatic carbocycles. The highest BCUT2D eigenvalue weighted by atomic mass is 16.5. The maximum atomic E-state index is 11.7. The van der Waals surface area contributed by atoms with Crippen LogP contribution in [0.3, 0.4) is 0 Å². The van der Waals surface area contributed by atoms with Crippen LogP contribution >= 0.6 is 0 Å². The second kappa shape index (κ2) is 14.7. The van der Waals surface area contributed by atoms with Gasteiger partial charge < -0.3 is 26.0 Å². The van der Waals surface area contributed by atoms with Crippen LogP contribution in [0.25, 0.3) is 0 Å². The highest BCUT2D eigenvalue weighted by Gasteiger charge is 2.03. The molecule has 0 atom stereocenters. The second-order valence-electron chi connectivity index (χ2n) is 6.89.